The van der Waals surface area contributed by atoms with E-state index in [-0.39, 0.29) is 22.1 Å². The van der Waals surface area contributed by atoms with Crippen molar-refractivity contribution in [3.63, 3.8) is 0 Å². The predicted molar refractivity (Wildman–Crippen MR) is 158 cm³/mol. The van der Waals surface area contributed by atoms with Gasteiger partial charge in [0.05, 0.1) is 5.37 Å². The molecule has 4 rings (SSSR count). The average Bonchev–Trinajstić information content (AvgIpc) is 3.44. The maximum absolute atomic E-state index is 13.4. The number of carboxylic acid groups (broad SMARTS) is 1. The molecule has 1 saturated heterocycles. The second kappa shape index (κ2) is 13.6. The number of phenolic OH excluding ortho intramolecular Hbond substituents is 2. The lowest BCUT2D eigenvalue weighted by molar-refractivity contribution is -0.154. The minimum absolute atomic E-state index is 0.0103. The number of carbonyl (C=O) groups excluding carboxylic acids is 5. The molecule has 3 heterocycles. The highest BCUT2D eigenvalue weighted by molar-refractivity contribution is 8.00. The Labute approximate surface area is 266 Å². The van der Waals surface area contributed by atoms with Gasteiger partial charge in [-0.15, -0.1) is 28.2 Å². The van der Waals surface area contributed by atoms with Crippen molar-refractivity contribution in [1.29, 1.82) is 0 Å². The van der Waals surface area contributed by atoms with Crippen LogP contribution in [0.15, 0.2) is 40.5 Å². The Hall–Kier alpha value is -5.57. The monoisotopic (exact) mass is 678 g/mol. The summed E-state index contributed by atoms with van der Waals surface area (Å²) in [5, 5.41) is 34.3. The molecule has 0 saturated carbocycles. The highest BCUT2D eigenvalue weighted by Crippen LogP contribution is 2.41. The highest BCUT2D eigenvalue weighted by Gasteiger charge is 2.52. The highest BCUT2D eigenvalue weighted by atomic mass is 32.2. The largest absolute Gasteiger partial charge is 0.504 e. The van der Waals surface area contributed by atoms with E-state index in [1.165, 1.54) is 30.1 Å². The van der Waals surface area contributed by atoms with Crippen LogP contribution in [0.4, 0.5) is 9.93 Å². The average molecular weight is 679 g/mol. The third-order valence-electron chi connectivity index (χ3n) is 6.43. The van der Waals surface area contributed by atoms with Gasteiger partial charge in [-0.05, 0) is 31.2 Å². The normalized spacial score (nSPS) is 17.9. The molecule has 0 spiro atoms. The zero-order valence-corrected chi connectivity index (χ0v) is 25.5. The Morgan fingerprint density at radius 1 is 1.24 bits per heavy atom. The van der Waals surface area contributed by atoms with E-state index >= 15 is 0 Å². The zero-order valence-electron chi connectivity index (χ0n) is 23.8. The number of nitrogens with zero attached hydrogens (tertiary/aromatic N) is 5. The van der Waals surface area contributed by atoms with E-state index in [0.717, 1.165) is 41.5 Å². The molecule has 3 atom stereocenters. The molecule has 46 heavy (non-hydrogen) atoms. The molecule has 8 N–H and O–H groups in total. The predicted octanol–water partition coefficient (Wildman–Crippen LogP) is -0.612. The number of hydrogen-bond donors (Lipinski definition) is 6. The first kappa shape index (κ1) is 33.3. The number of nitrogens with two attached hydrogens (primary N) is 2. The van der Waals surface area contributed by atoms with Gasteiger partial charge in [-0.1, -0.05) is 5.16 Å². The molecule has 2 aliphatic heterocycles. The summed E-state index contributed by atoms with van der Waals surface area (Å²) in [6, 6.07) is 2.95. The molecule has 5 amide bonds. The number of oxime groups is 1. The number of aromatic hydroxyl groups is 2. The van der Waals surface area contributed by atoms with Gasteiger partial charge in [0.15, 0.2) is 22.3 Å². The van der Waals surface area contributed by atoms with Gasteiger partial charge in [0.25, 0.3) is 17.7 Å². The Morgan fingerprint density at radius 2 is 1.96 bits per heavy atom. The second-order valence-corrected chi connectivity index (χ2v) is 11.5. The summed E-state index contributed by atoms with van der Waals surface area (Å²) in [7, 11) is 1.04. The van der Waals surface area contributed by atoms with Crippen LogP contribution >= 0.6 is 23.1 Å². The number of benzene rings is 1. The Morgan fingerprint density at radius 3 is 2.57 bits per heavy atom. The molecule has 1 fully saturated rings. The number of aromatic nitrogens is 1. The van der Waals surface area contributed by atoms with E-state index in [1.807, 2.05) is 0 Å². The number of carboxylic acids is 1. The van der Waals surface area contributed by atoms with E-state index in [1.54, 1.807) is 0 Å². The molecule has 0 bridgehead atoms. The SMILES string of the molecule is CC(ON=C(C(N)=O)c1csc(N)n1)C(=O)NN(C(=O)c1ccc(O)c(O)c1)N(C)C(=O)OCC1C(=O)N2C(C(=O)O)=CCS[C@@H]12. The molecular formula is C25H26N8O11S2. The van der Waals surface area contributed by atoms with Crippen LogP contribution in [0.1, 0.15) is 23.0 Å². The number of hydrazine groups is 2. The number of carbonyl (C=O) groups is 6. The quantitative estimate of drug-likeness (QED) is 0.0835. The summed E-state index contributed by atoms with van der Waals surface area (Å²) in [5.41, 5.74) is 12.1. The van der Waals surface area contributed by atoms with Crippen molar-refractivity contribution in [3.05, 3.63) is 46.6 Å². The van der Waals surface area contributed by atoms with Gasteiger partial charge in [-0.25, -0.2) is 20.0 Å². The molecule has 0 radical (unpaired) electrons. The number of phenols is 2. The number of primary amides is 1. The maximum atomic E-state index is 13.4. The number of thioether (sulfide) groups is 1. The molecule has 2 aliphatic rings. The van der Waals surface area contributed by atoms with Crippen molar-refractivity contribution in [1.82, 2.24) is 25.4 Å². The van der Waals surface area contributed by atoms with Crippen LogP contribution in [0, 0.1) is 5.92 Å². The van der Waals surface area contributed by atoms with E-state index in [9.17, 15) is 44.1 Å². The molecule has 1 aromatic carbocycles. The van der Waals surface area contributed by atoms with Crippen LogP contribution in [0.3, 0.4) is 0 Å². The van der Waals surface area contributed by atoms with E-state index < -0.39 is 76.9 Å². The minimum Gasteiger partial charge on any atom is -0.504 e. The lowest BCUT2D eigenvalue weighted by atomic mass is 9.97. The fraction of sp³-hybridized carbons (Fsp3) is 0.280. The fourth-order valence-electron chi connectivity index (χ4n) is 4.00. The number of aliphatic carboxylic acids is 1. The number of hydrogen-bond acceptors (Lipinski definition) is 15. The van der Waals surface area contributed by atoms with E-state index in [4.69, 9.17) is 21.0 Å². The van der Waals surface area contributed by atoms with Gasteiger partial charge in [-0.3, -0.25) is 24.1 Å². The van der Waals surface area contributed by atoms with Crippen LogP contribution in [-0.4, -0.2) is 108 Å². The van der Waals surface area contributed by atoms with Crippen molar-refractivity contribution in [3.8, 4) is 11.5 Å². The van der Waals surface area contributed by atoms with Gasteiger partial charge in [0.2, 0.25) is 12.0 Å². The van der Waals surface area contributed by atoms with Crippen molar-refractivity contribution >= 4 is 69.6 Å². The number of amides is 5. The number of nitrogens with one attached hydrogen (secondary N) is 1. The van der Waals surface area contributed by atoms with Crippen LogP contribution in [0.25, 0.3) is 0 Å². The first-order chi connectivity index (χ1) is 21.7. The number of rotatable bonds is 9. The zero-order chi connectivity index (χ0) is 33.9. The molecule has 19 nitrogen and oxygen atoms in total. The first-order valence-electron chi connectivity index (χ1n) is 12.9. The number of thiazole rings is 1. The Kier molecular flexibility index (Phi) is 9.85. The van der Waals surface area contributed by atoms with Crippen LogP contribution in [0.2, 0.25) is 0 Å². The van der Waals surface area contributed by atoms with Gasteiger partial charge >= 0.3 is 12.1 Å². The number of nitrogen functional groups attached to an aromatic ring is 1. The van der Waals surface area contributed by atoms with E-state index in [0.29, 0.717) is 15.9 Å². The molecule has 1 aromatic heterocycles. The van der Waals surface area contributed by atoms with Gasteiger partial charge < -0.3 is 36.4 Å². The summed E-state index contributed by atoms with van der Waals surface area (Å²) >= 11 is 2.26. The number of fused-ring (bicyclic) bond motifs is 1. The molecular weight excluding hydrogens is 652 g/mol. The van der Waals surface area contributed by atoms with Gasteiger partial charge in [-0.2, -0.15) is 5.01 Å². The van der Waals surface area contributed by atoms with Crippen LogP contribution in [0.5, 0.6) is 11.5 Å². The third-order valence-corrected chi connectivity index (χ3v) is 8.34. The topological polar surface area (TPSA) is 281 Å². The first-order valence-corrected chi connectivity index (χ1v) is 14.8. The summed E-state index contributed by atoms with van der Waals surface area (Å²) < 4.78 is 5.24. The third kappa shape index (κ3) is 6.89. The van der Waals surface area contributed by atoms with E-state index in [2.05, 4.69) is 15.6 Å². The smallest absolute Gasteiger partial charge is 0.430 e. The number of ether oxygens (including phenoxy) is 1. The summed E-state index contributed by atoms with van der Waals surface area (Å²) in [6.07, 6.45) is -1.34. The summed E-state index contributed by atoms with van der Waals surface area (Å²) in [5.74, 6) is -6.85. The lowest BCUT2D eigenvalue weighted by Gasteiger charge is -2.48. The minimum atomic E-state index is -1.52. The Balaban J connectivity index is 1.49. The molecule has 0 aliphatic carbocycles. The molecule has 21 heteroatoms. The van der Waals surface area contributed by atoms with Crippen molar-refractivity contribution in [2.24, 2.45) is 16.8 Å². The van der Waals surface area contributed by atoms with Crippen molar-refractivity contribution in [2.75, 3.05) is 25.1 Å². The van der Waals surface area contributed by atoms with Gasteiger partial charge in [0.1, 0.15) is 23.9 Å². The van der Waals surface area contributed by atoms with Crippen LogP contribution < -0.4 is 16.9 Å². The number of β-lactam (4-membered cyclic amide) rings is 1. The Bertz CT molecular complexity index is 1660. The molecule has 244 valence electrons. The fourth-order valence-corrected chi connectivity index (χ4v) is 5.80. The standard InChI is InChI=1S/C25H26N8O11S2/c1-10(44-30-17(18(26)36)13-9-46-24(27)28-13)19(37)29-33(20(38)11-3-4-15(34)16(35)7-11)31(2)25(42)43-8-12-21(39)32-14(23(40)41)5-6-45-22(12)32/h3-5,7,9-10,12,22,34-35H,6,8H2,1-2H3,(H2,26,36)(H2,27,28)(H,29,37)(H,40,41)/t10?,12?,22-/m0/s1. The second-order valence-electron chi connectivity index (χ2n) is 9.45. The molecule has 2 unspecified atom stereocenters. The van der Waals surface area contributed by atoms with Gasteiger partial charge in [0, 0.05) is 23.7 Å². The lowest BCUT2D eigenvalue weighted by Crippen LogP contribution is -2.63. The van der Waals surface area contributed by atoms with Crippen LogP contribution in [-0.2, 0) is 28.8 Å². The van der Waals surface area contributed by atoms with Crippen molar-refractivity contribution in [2.45, 2.75) is 18.4 Å². The van der Waals surface area contributed by atoms with Crippen molar-refractivity contribution < 1.29 is 53.7 Å². The molecule has 2 aromatic rings. The number of anilines is 1. The summed E-state index contributed by atoms with van der Waals surface area (Å²) in [4.78, 5) is 85.4. The summed E-state index contributed by atoms with van der Waals surface area (Å²) in [6.45, 7) is 0.708. The maximum Gasteiger partial charge on any atom is 0.430 e.